The zero-order valence-corrected chi connectivity index (χ0v) is 6.16. The lowest BCUT2D eigenvalue weighted by Crippen LogP contribution is -1.99. The van der Waals surface area contributed by atoms with E-state index in [9.17, 15) is 0 Å². The lowest BCUT2D eigenvalue weighted by molar-refractivity contribution is 1.11. The second kappa shape index (κ2) is 6.82. The van der Waals surface area contributed by atoms with Crippen LogP contribution in [0.5, 0.6) is 0 Å². The maximum Gasteiger partial charge on any atom is 0.0961 e. The Kier molecular flexibility index (Phi) is 6.67. The molecule has 0 aliphatic heterocycles. The molecule has 0 aliphatic rings. The predicted octanol–water partition coefficient (Wildman–Crippen LogP) is 1.29. The third-order valence-electron chi connectivity index (χ3n) is 0.552. The quantitative estimate of drug-likeness (QED) is 0.270. The minimum absolute atomic E-state index is 1.11. The van der Waals surface area contributed by atoms with Crippen LogP contribution in [0.1, 0.15) is 13.3 Å². The van der Waals surface area contributed by atoms with Crippen LogP contribution < -0.4 is 5.32 Å². The summed E-state index contributed by atoms with van der Waals surface area (Å²) >= 11 is 1.58. The minimum Gasteiger partial charge on any atom is -0.379 e. The number of nitrogens with zero attached hydrogens (tertiary/aromatic N) is 1. The van der Waals surface area contributed by atoms with Gasteiger partial charge in [0.15, 0.2) is 0 Å². The number of nitrogens with one attached hydrogen (secondary N) is 1. The molecule has 0 bridgehead atoms. The molecule has 0 rings (SSSR count). The molecule has 3 heteroatoms. The highest BCUT2D eigenvalue weighted by molar-refractivity contribution is 7.98. The highest BCUT2D eigenvalue weighted by Crippen LogP contribution is 2.00. The Morgan fingerprint density at radius 2 is 2.50 bits per heavy atom. The minimum atomic E-state index is 1.11. The zero-order valence-electron chi connectivity index (χ0n) is 5.35. The predicted molar refractivity (Wildman–Crippen MR) is 40.3 cm³/mol. The van der Waals surface area contributed by atoms with Crippen molar-refractivity contribution in [3.63, 3.8) is 0 Å². The van der Waals surface area contributed by atoms with E-state index < -0.39 is 0 Å². The van der Waals surface area contributed by atoms with Crippen LogP contribution in [0.25, 0.3) is 0 Å². The molecule has 0 atom stereocenters. The van der Waals surface area contributed by atoms with Gasteiger partial charge in [0.2, 0.25) is 0 Å². The molecule has 0 aromatic carbocycles. The Hall–Kier alpha value is -0.180. The summed E-state index contributed by atoms with van der Waals surface area (Å²) in [7, 11) is 1.84. The molecule has 0 radical (unpaired) electrons. The Morgan fingerprint density at radius 1 is 1.75 bits per heavy atom. The first kappa shape index (κ1) is 7.82. The first-order valence-corrected chi connectivity index (χ1v) is 3.67. The van der Waals surface area contributed by atoms with Crippen molar-refractivity contribution in [2.24, 2.45) is 4.40 Å². The summed E-state index contributed by atoms with van der Waals surface area (Å²) in [6, 6.07) is 0. The van der Waals surface area contributed by atoms with Crippen LogP contribution >= 0.6 is 11.9 Å². The summed E-state index contributed by atoms with van der Waals surface area (Å²) in [5.41, 5.74) is 0. The zero-order chi connectivity index (χ0) is 6.24. The van der Waals surface area contributed by atoms with E-state index >= 15 is 0 Å². The maximum absolute atomic E-state index is 3.96. The van der Waals surface area contributed by atoms with Crippen molar-refractivity contribution < 1.29 is 0 Å². The average Bonchev–Trinajstić information content (AvgIpc) is 1.81. The fraction of sp³-hybridized carbons (Fsp3) is 0.800. The summed E-state index contributed by atoms with van der Waals surface area (Å²) < 4.78 is 3.96. The van der Waals surface area contributed by atoms with Gasteiger partial charge in [-0.05, 0) is 18.4 Å². The molecule has 0 heterocycles. The Bertz CT molecular complexity index is 63.4. The van der Waals surface area contributed by atoms with Gasteiger partial charge in [-0.25, -0.2) is 4.40 Å². The maximum atomic E-state index is 3.96. The molecule has 0 aromatic heterocycles. The summed E-state index contributed by atoms with van der Waals surface area (Å²) in [6.45, 7) is 2.14. The standard InChI is InChI=1S/C5H12N2S/c1-3-4-8-7-5-6-2/h5H,3-4H2,1-2H3,(H,6,7). The molecule has 0 unspecified atom stereocenters. The Labute approximate surface area is 54.9 Å². The molecular weight excluding hydrogens is 120 g/mol. The second-order valence-corrected chi connectivity index (χ2v) is 2.23. The smallest absolute Gasteiger partial charge is 0.0961 e. The number of rotatable bonds is 4. The van der Waals surface area contributed by atoms with Crippen molar-refractivity contribution in [1.82, 2.24) is 5.32 Å². The molecule has 8 heavy (non-hydrogen) atoms. The fourth-order valence-electron chi connectivity index (χ4n) is 0.234. The molecule has 0 spiro atoms. The van der Waals surface area contributed by atoms with Crippen LogP contribution in [0, 0.1) is 0 Å². The van der Waals surface area contributed by atoms with Crippen LogP contribution in [-0.2, 0) is 0 Å². The number of hydrogen-bond donors (Lipinski definition) is 1. The second-order valence-electron chi connectivity index (χ2n) is 1.36. The van der Waals surface area contributed by atoms with E-state index in [1.54, 1.807) is 18.3 Å². The summed E-state index contributed by atoms with van der Waals surface area (Å²) in [4.78, 5) is 0. The third-order valence-corrected chi connectivity index (χ3v) is 1.40. The lowest BCUT2D eigenvalue weighted by atomic mass is 10.6. The molecule has 0 fully saturated rings. The molecular formula is C5H12N2S. The monoisotopic (exact) mass is 132 g/mol. The van der Waals surface area contributed by atoms with Gasteiger partial charge in [0, 0.05) is 12.8 Å². The van der Waals surface area contributed by atoms with Crippen LogP contribution in [-0.4, -0.2) is 19.1 Å². The first-order chi connectivity index (χ1) is 3.91. The highest BCUT2D eigenvalue weighted by atomic mass is 32.2. The first-order valence-electron chi connectivity index (χ1n) is 2.73. The van der Waals surface area contributed by atoms with Gasteiger partial charge < -0.3 is 5.32 Å². The van der Waals surface area contributed by atoms with Crippen molar-refractivity contribution in [2.75, 3.05) is 12.8 Å². The van der Waals surface area contributed by atoms with E-state index in [-0.39, 0.29) is 0 Å². The van der Waals surface area contributed by atoms with E-state index in [2.05, 4.69) is 16.6 Å². The van der Waals surface area contributed by atoms with Crippen molar-refractivity contribution in [3.05, 3.63) is 0 Å². The van der Waals surface area contributed by atoms with Crippen molar-refractivity contribution in [3.8, 4) is 0 Å². The van der Waals surface area contributed by atoms with E-state index in [0.29, 0.717) is 0 Å². The van der Waals surface area contributed by atoms with Crippen LogP contribution in [0.2, 0.25) is 0 Å². The Balaban J connectivity index is 2.80. The lowest BCUT2D eigenvalue weighted by Gasteiger charge is -1.86. The van der Waals surface area contributed by atoms with Crippen molar-refractivity contribution in [2.45, 2.75) is 13.3 Å². The van der Waals surface area contributed by atoms with E-state index in [1.165, 1.54) is 6.42 Å². The van der Waals surface area contributed by atoms with Crippen LogP contribution in [0.3, 0.4) is 0 Å². The largest absolute Gasteiger partial charge is 0.379 e. The molecule has 48 valence electrons. The fourth-order valence-corrected chi connectivity index (χ4v) is 0.702. The number of hydrogen-bond acceptors (Lipinski definition) is 2. The summed E-state index contributed by atoms with van der Waals surface area (Å²) in [6.07, 6.45) is 2.88. The van der Waals surface area contributed by atoms with Gasteiger partial charge in [0.1, 0.15) is 0 Å². The highest BCUT2D eigenvalue weighted by Gasteiger charge is 1.75. The molecule has 2 nitrogen and oxygen atoms in total. The van der Waals surface area contributed by atoms with Gasteiger partial charge in [-0.2, -0.15) is 0 Å². The molecule has 0 aromatic rings. The van der Waals surface area contributed by atoms with Gasteiger partial charge in [-0.3, -0.25) is 0 Å². The molecule has 0 saturated carbocycles. The normalized spacial score (nSPS) is 10.2. The van der Waals surface area contributed by atoms with Crippen LogP contribution in [0.15, 0.2) is 4.40 Å². The molecule has 0 saturated heterocycles. The molecule has 0 amide bonds. The molecule has 0 aliphatic carbocycles. The summed E-state index contributed by atoms with van der Waals surface area (Å²) in [5.74, 6) is 1.11. The van der Waals surface area contributed by atoms with Crippen LogP contribution in [0.4, 0.5) is 0 Å². The van der Waals surface area contributed by atoms with Gasteiger partial charge in [0.05, 0.1) is 6.34 Å². The van der Waals surface area contributed by atoms with E-state index in [4.69, 9.17) is 0 Å². The van der Waals surface area contributed by atoms with Crippen molar-refractivity contribution >= 4 is 18.3 Å². The summed E-state index contributed by atoms with van der Waals surface area (Å²) in [5, 5.41) is 2.81. The van der Waals surface area contributed by atoms with Crippen molar-refractivity contribution in [1.29, 1.82) is 0 Å². The molecule has 1 N–H and O–H groups in total. The SMILES string of the molecule is CCCS/N=C\NC. The van der Waals surface area contributed by atoms with E-state index in [0.717, 1.165) is 5.75 Å². The van der Waals surface area contributed by atoms with Gasteiger partial charge in [-0.1, -0.05) is 6.92 Å². The topological polar surface area (TPSA) is 24.4 Å². The van der Waals surface area contributed by atoms with E-state index in [1.807, 2.05) is 7.05 Å². The van der Waals surface area contributed by atoms with Gasteiger partial charge in [-0.15, -0.1) is 0 Å². The van der Waals surface area contributed by atoms with Gasteiger partial charge in [0.25, 0.3) is 0 Å². The Morgan fingerprint density at radius 3 is 3.00 bits per heavy atom. The average molecular weight is 132 g/mol. The van der Waals surface area contributed by atoms with Gasteiger partial charge >= 0.3 is 0 Å². The third kappa shape index (κ3) is 5.82.